The average Bonchev–Trinajstić information content (AvgIpc) is 2.67. The van der Waals surface area contributed by atoms with Gasteiger partial charge in [0.15, 0.2) is 5.75 Å². The number of ether oxygens (including phenoxy) is 2. The van der Waals surface area contributed by atoms with Crippen molar-refractivity contribution in [1.82, 2.24) is 5.43 Å². The lowest BCUT2D eigenvalue weighted by Gasteiger charge is -2.11. The molecule has 9 nitrogen and oxygen atoms in total. The minimum absolute atomic E-state index is 0.0684. The molecule has 3 N–H and O–H groups in total. The number of hydrogen-bond acceptors (Lipinski definition) is 7. The van der Waals surface area contributed by atoms with Crippen molar-refractivity contribution in [3.8, 4) is 11.5 Å². The average molecular weight is 386 g/mol. The molecule has 0 bridgehead atoms. The Morgan fingerprint density at radius 1 is 1.32 bits per heavy atom. The number of benzene rings is 2. The second kappa shape index (κ2) is 9.91. The van der Waals surface area contributed by atoms with Crippen LogP contribution in [0, 0.1) is 10.1 Å². The number of methoxy groups -OCH3 is 1. The lowest BCUT2D eigenvalue weighted by Crippen LogP contribution is -2.19. The van der Waals surface area contributed by atoms with Crippen LogP contribution < -0.4 is 20.6 Å². The molecule has 9 heteroatoms. The van der Waals surface area contributed by atoms with Crippen molar-refractivity contribution in [2.24, 2.45) is 5.10 Å². The van der Waals surface area contributed by atoms with E-state index in [1.54, 1.807) is 30.3 Å². The van der Waals surface area contributed by atoms with Crippen LogP contribution in [-0.4, -0.2) is 30.8 Å². The van der Waals surface area contributed by atoms with E-state index in [4.69, 9.17) is 15.2 Å². The minimum atomic E-state index is -0.551. The van der Waals surface area contributed by atoms with Crippen LogP contribution in [0.3, 0.4) is 0 Å². The Balaban J connectivity index is 2.11. The van der Waals surface area contributed by atoms with E-state index in [0.29, 0.717) is 24.3 Å². The van der Waals surface area contributed by atoms with Crippen molar-refractivity contribution >= 4 is 23.5 Å². The monoisotopic (exact) mass is 386 g/mol. The van der Waals surface area contributed by atoms with Crippen LogP contribution in [0.15, 0.2) is 41.5 Å². The predicted molar refractivity (Wildman–Crippen MR) is 106 cm³/mol. The fraction of sp³-hybridized carbons (Fsp3) is 0.263. The van der Waals surface area contributed by atoms with Gasteiger partial charge in [0, 0.05) is 17.3 Å². The maximum Gasteiger partial charge on any atom is 0.315 e. The van der Waals surface area contributed by atoms with Crippen LogP contribution in [0.2, 0.25) is 0 Å². The number of nitro groups is 1. The molecule has 1 amide bonds. The van der Waals surface area contributed by atoms with Gasteiger partial charge in [-0.15, -0.1) is 0 Å². The van der Waals surface area contributed by atoms with E-state index in [2.05, 4.69) is 10.5 Å². The van der Waals surface area contributed by atoms with E-state index in [1.165, 1.54) is 19.4 Å². The molecule has 0 unspecified atom stereocenters. The Kier molecular flexibility index (Phi) is 7.32. The molecule has 0 aromatic heterocycles. The Labute approximate surface area is 162 Å². The van der Waals surface area contributed by atoms with Gasteiger partial charge in [0.05, 0.1) is 31.3 Å². The third kappa shape index (κ3) is 5.70. The van der Waals surface area contributed by atoms with Crippen LogP contribution in [-0.2, 0) is 11.2 Å². The smallest absolute Gasteiger partial charge is 0.315 e. The largest absolute Gasteiger partial charge is 0.493 e. The summed E-state index contributed by atoms with van der Waals surface area (Å²) in [7, 11) is 1.40. The first-order valence-electron chi connectivity index (χ1n) is 8.60. The standard InChI is InChI=1S/C19H22N4O5/c1-3-8-28-19-16(23(25)26)9-14(10-17(19)27-2)12-21-22-18(24)11-13-4-6-15(20)7-5-13/h4-7,9-10,12H,3,8,11,20H2,1-2H3,(H,22,24)/b21-12-. The quantitative estimate of drug-likeness (QED) is 0.295. The van der Waals surface area contributed by atoms with Gasteiger partial charge in [-0.3, -0.25) is 14.9 Å². The summed E-state index contributed by atoms with van der Waals surface area (Å²) in [4.78, 5) is 22.8. The van der Waals surface area contributed by atoms with E-state index < -0.39 is 4.92 Å². The molecule has 0 aliphatic heterocycles. The van der Waals surface area contributed by atoms with Gasteiger partial charge in [0.1, 0.15) is 0 Å². The first kappa shape index (κ1) is 20.7. The molecule has 0 radical (unpaired) electrons. The number of nitrogens with zero attached hydrogens (tertiary/aromatic N) is 2. The van der Waals surface area contributed by atoms with Gasteiger partial charge in [-0.25, -0.2) is 5.43 Å². The topological polar surface area (TPSA) is 129 Å². The van der Waals surface area contributed by atoms with E-state index in [-0.39, 0.29) is 29.5 Å². The normalized spacial score (nSPS) is 10.6. The van der Waals surface area contributed by atoms with Crippen molar-refractivity contribution in [1.29, 1.82) is 0 Å². The minimum Gasteiger partial charge on any atom is -0.493 e. The fourth-order valence-corrected chi connectivity index (χ4v) is 2.36. The zero-order valence-electron chi connectivity index (χ0n) is 15.7. The van der Waals surface area contributed by atoms with Crippen LogP contribution >= 0.6 is 0 Å². The van der Waals surface area contributed by atoms with E-state index >= 15 is 0 Å². The third-order valence-corrected chi connectivity index (χ3v) is 3.67. The molecule has 0 aliphatic rings. The fourth-order valence-electron chi connectivity index (χ4n) is 2.36. The van der Waals surface area contributed by atoms with Crippen LogP contribution in [0.1, 0.15) is 24.5 Å². The molecule has 0 saturated heterocycles. The SMILES string of the molecule is CCCOc1c(OC)cc(/C=N\NC(=O)Cc2ccc(N)cc2)cc1[N+](=O)[O-]. The first-order chi connectivity index (χ1) is 13.4. The first-order valence-corrected chi connectivity index (χ1v) is 8.60. The zero-order chi connectivity index (χ0) is 20.5. The summed E-state index contributed by atoms with van der Waals surface area (Å²) in [6, 6.07) is 9.78. The Hall–Kier alpha value is -3.62. The zero-order valence-corrected chi connectivity index (χ0v) is 15.7. The number of nitrogens with one attached hydrogen (secondary N) is 1. The summed E-state index contributed by atoms with van der Waals surface area (Å²) in [5.41, 5.74) is 9.55. The predicted octanol–water partition coefficient (Wildman–Crippen LogP) is 2.67. The van der Waals surface area contributed by atoms with E-state index in [0.717, 1.165) is 5.56 Å². The van der Waals surface area contributed by atoms with Crippen LogP contribution in [0.5, 0.6) is 11.5 Å². The lowest BCUT2D eigenvalue weighted by atomic mass is 10.1. The van der Waals surface area contributed by atoms with Crippen molar-refractivity contribution in [2.75, 3.05) is 19.5 Å². The highest BCUT2D eigenvalue weighted by Gasteiger charge is 2.21. The highest BCUT2D eigenvalue weighted by atomic mass is 16.6. The summed E-state index contributed by atoms with van der Waals surface area (Å²) in [5.74, 6) is -0.0402. The molecule has 2 aromatic rings. The second-order valence-corrected chi connectivity index (χ2v) is 5.89. The summed E-state index contributed by atoms with van der Waals surface area (Å²) in [6.45, 7) is 2.22. The van der Waals surface area contributed by atoms with Crippen molar-refractivity contribution in [3.05, 3.63) is 57.6 Å². The molecule has 0 atom stereocenters. The highest BCUT2D eigenvalue weighted by molar-refractivity contribution is 5.85. The number of nitro benzene ring substituents is 1. The van der Waals surface area contributed by atoms with Crippen molar-refractivity contribution < 1.29 is 19.2 Å². The van der Waals surface area contributed by atoms with Gasteiger partial charge in [-0.05, 0) is 30.2 Å². The molecule has 0 saturated carbocycles. The Morgan fingerprint density at radius 3 is 2.64 bits per heavy atom. The van der Waals surface area contributed by atoms with Crippen LogP contribution in [0.25, 0.3) is 0 Å². The second-order valence-electron chi connectivity index (χ2n) is 5.89. The molecule has 0 heterocycles. The van der Waals surface area contributed by atoms with Gasteiger partial charge in [0.2, 0.25) is 11.7 Å². The van der Waals surface area contributed by atoms with Gasteiger partial charge < -0.3 is 15.2 Å². The molecule has 0 spiro atoms. The number of rotatable bonds is 9. The van der Waals surface area contributed by atoms with Crippen molar-refractivity contribution in [2.45, 2.75) is 19.8 Å². The number of hydrazone groups is 1. The van der Waals surface area contributed by atoms with Crippen molar-refractivity contribution in [3.63, 3.8) is 0 Å². The highest BCUT2D eigenvalue weighted by Crippen LogP contribution is 2.38. The van der Waals surface area contributed by atoms with Gasteiger partial charge in [-0.1, -0.05) is 19.1 Å². The number of amides is 1. The van der Waals surface area contributed by atoms with Gasteiger partial charge >= 0.3 is 5.69 Å². The summed E-state index contributed by atoms with van der Waals surface area (Å²) in [5, 5.41) is 15.2. The Morgan fingerprint density at radius 2 is 2.04 bits per heavy atom. The number of hydrogen-bond donors (Lipinski definition) is 2. The maximum absolute atomic E-state index is 11.9. The molecule has 28 heavy (non-hydrogen) atoms. The summed E-state index contributed by atoms with van der Waals surface area (Å²) < 4.78 is 10.7. The maximum atomic E-state index is 11.9. The van der Waals surface area contributed by atoms with Gasteiger partial charge in [0.25, 0.3) is 0 Å². The van der Waals surface area contributed by atoms with Crippen LogP contribution in [0.4, 0.5) is 11.4 Å². The molecule has 2 aromatic carbocycles. The molecular weight excluding hydrogens is 364 g/mol. The Bertz CT molecular complexity index is 865. The molecule has 0 aliphatic carbocycles. The van der Waals surface area contributed by atoms with E-state index in [1.807, 2.05) is 6.92 Å². The molecule has 2 rings (SSSR count). The number of nitrogen functional groups attached to an aromatic ring is 1. The number of anilines is 1. The van der Waals surface area contributed by atoms with E-state index in [9.17, 15) is 14.9 Å². The summed E-state index contributed by atoms with van der Waals surface area (Å²) >= 11 is 0. The lowest BCUT2D eigenvalue weighted by molar-refractivity contribution is -0.386. The number of nitrogens with two attached hydrogens (primary N) is 1. The molecular formula is C19H22N4O5. The third-order valence-electron chi connectivity index (χ3n) is 3.67. The molecule has 0 fully saturated rings. The number of carbonyl (C=O) groups is 1. The van der Waals surface area contributed by atoms with Gasteiger partial charge in [-0.2, -0.15) is 5.10 Å². The summed E-state index contributed by atoms with van der Waals surface area (Å²) in [6.07, 6.45) is 2.13. The number of carbonyl (C=O) groups excluding carboxylic acids is 1. The molecule has 148 valence electrons.